The molecule has 126 valence electrons. The van der Waals surface area contributed by atoms with Crippen LogP contribution in [-0.4, -0.2) is 53.0 Å². The van der Waals surface area contributed by atoms with E-state index in [0.29, 0.717) is 26.2 Å². The maximum atomic E-state index is 12.8. The van der Waals surface area contributed by atoms with Crippen molar-refractivity contribution in [3.63, 3.8) is 0 Å². The maximum Gasteiger partial charge on any atom is 0.228 e. The van der Waals surface area contributed by atoms with E-state index >= 15 is 0 Å². The number of morpholine rings is 1. The molecular weight excluding hydrogens is 296 g/mol. The van der Waals surface area contributed by atoms with Crippen molar-refractivity contribution >= 4 is 11.8 Å². The lowest BCUT2D eigenvalue weighted by Gasteiger charge is -2.42. The topological polar surface area (TPSA) is 63.0 Å². The highest BCUT2D eigenvalue weighted by molar-refractivity contribution is 5.89. The van der Waals surface area contributed by atoms with E-state index < -0.39 is 0 Å². The van der Waals surface area contributed by atoms with Crippen LogP contribution in [0.2, 0.25) is 0 Å². The largest absolute Gasteiger partial charge is 0.467 e. The van der Waals surface area contributed by atoms with Crippen LogP contribution in [0.15, 0.2) is 22.8 Å². The summed E-state index contributed by atoms with van der Waals surface area (Å²) in [4.78, 5) is 28.5. The van der Waals surface area contributed by atoms with Gasteiger partial charge in [0, 0.05) is 26.1 Å². The van der Waals surface area contributed by atoms with Crippen molar-refractivity contribution in [3.05, 3.63) is 24.2 Å². The van der Waals surface area contributed by atoms with Gasteiger partial charge in [0.15, 0.2) is 0 Å². The van der Waals surface area contributed by atoms with Crippen LogP contribution in [0.5, 0.6) is 0 Å². The van der Waals surface area contributed by atoms with E-state index in [9.17, 15) is 9.59 Å². The van der Waals surface area contributed by atoms with E-state index in [4.69, 9.17) is 9.15 Å². The molecule has 23 heavy (non-hydrogen) atoms. The van der Waals surface area contributed by atoms with Crippen molar-refractivity contribution in [2.24, 2.45) is 5.92 Å². The summed E-state index contributed by atoms with van der Waals surface area (Å²) in [5.41, 5.74) is -0.343. The molecule has 2 aliphatic rings. The van der Waals surface area contributed by atoms with E-state index in [0.717, 1.165) is 5.76 Å². The van der Waals surface area contributed by atoms with Crippen LogP contribution in [-0.2, 0) is 20.9 Å². The fraction of sp³-hybridized carbons (Fsp3) is 0.647. The summed E-state index contributed by atoms with van der Waals surface area (Å²) in [6.07, 6.45) is 1.89. The van der Waals surface area contributed by atoms with Gasteiger partial charge in [0.2, 0.25) is 11.8 Å². The summed E-state index contributed by atoms with van der Waals surface area (Å²) in [7, 11) is 0. The average molecular weight is 320 g/mol. The van der Waals surface area contributed by atoms with Crippen LogP contribution in [0, 0.1) is 5.92 Å². The predicted octanol–water partition coefficient (Wildman–Crippen LogP) is 1.65. The molecular formula is C17H24N2O4. The Labute approximate surface area is 136 Å². The van der Waals surface area contributed by atoms with Crippen molar-refractivity contribution in [2.75, 3.05) is 19.6 Å². The van der Waals surface area contributed by atoms with Crippen LogP contribution < -0.4 is 0 Å². The molecule has 0 saturated carbocycles. The molecule has 2 saturated heterocycles. The van der Waals surface area contributed by atoms with E-state index in [-0.39, 0.29) is 35.9 Å². The third-order valence-corrected chi connectivity index (χ3v) is 4.37. The van der Waals surface area contributed by atoms with Crippen LogP contribution in [0.3, 0.4) is 0 Å². The predicted molar refractivity (Wildman–Crippen MR) is 83.4 cm³/mol. The molecule has 0 bridgehead atoms. The Hall–Kier alpha value is -1.82. The molecule has 1 aromatic rings. The summed E-state index contributed by atoms with van der Waals surface area (Å²) in [5.74, 6) is 0.551. The van der Waals surface area contributed by atoms with Gasteiger partial charge in [-0.1, -0.05) is 0 Å². The van der Waals surface area contributed by atoms with Crippen LogP contribution >= 0.6 is 0 Å². The molecule has 2 fully saturated rings. The van der Waals surface area contributed by atoms with Gasteiger partial charge in [0.05, 0.1) is 30.4 Å². The fourth-order valence-electron chi connectivity index (χ4n) is 3.56. The van der Waals surface area contributed by atoms with E-state index in [1.54, 1.807) is 17.2 Å². The molecule has 0 spiro atoms. The molecule has 3 rings (SSSR count). The van der Waals surface area contributed by atoms with E-state index in [2.05, 4.69) is 0 Å². The zero-order valence-electron chi connectivity index (χ0n) is 13.9. The lowest BCUT2D eigenvalue weighted by molar-refractivity contribution is -0.161. The molecule has 2 atom stereocenters. The van der Waals surface area contributed by atoms with Crippen molar-refractivity contribution in [3.8, 4) is 0 Å². The Balaban J connectivity index is 1.63. The van der Waals surface area contributed by atoms with Crippen molar-refractivity contribution in [1.82, 2.24) is 9.80 Å². The molecule has 6 heteroatoms. The Morgan fingerprint density at radius 1 is 1.39 bits per heavy atom. The molecule has 0 aromatic carbocycles. The van der Waals surface area contributed by atoms with Gasteiger partial charge in [-0.05, 0) is 32.9 Å². The summed E-state index contributed by atoms with van der Waals surface area (Å²) in [6, 6.07) is 3.64. The van der Waals surface area contributed by atoms with Crippen LogP contribution in [0.4, 0.5) is 0 Å². The summed E-state index contributed by atoms with van der Waals surface area (Å²) >= 11 is 0. The quantitative estimate of drug-likeness (QED) is 0.849. The first-order chi connectivity index (χ1) is 10.8. The van der Waals surface area contributed by atoms with Crippen molar-refractivity contribution in [1.29, 1.82) is 0 Å². The first-order valence-corrected chi connectivity index (χ1v) is 8.11. The lowest BCUT2D eigenvalue weighted by atomic mass is 10.0. The summed E-state index contributed by atoms with van der Waals surface area (Å²) < 4.78 is 11.1. The normalized spacial score (nSPS) is 27.5. The van der Waals surface area contributed by atoms with E-state index in [1.807, 2.05) is 31.7 Å². The SMILES string of the molecule is CC1CN(C(=O)C2CC(=O)N(Cc3ccco3)C2)CC(C)(C)O1. The third kappa shape index (κ3) is 3.58. The number of furan rings is 1. The second kappa shape index (κ2) is 6.00. The van der Waals surface area contributed by atoms with Gasteiger partial charge in [-0.25, -0.2) is 0 Å². The van der Waals surface area contributed by atoms with Gasteiger partial charge < -0.3 is 19.0 Å². The molecule has 1 aromatic heterocycles. The second-order valence-electron chi connectivity index (χ2n) is 7.16. The summed E-state index contributed by atoms with van der Waals surface area (Å²) in [5, 5.41) is 0. The Kier molecular flexibility index (Phi) is 4.19. The van der Waals surface area contributed by atoms with Gasteiger partial charge in [-0.3, -0.25) is 9.59 Å². The Bertz CT molecular complexity index is 581. The van der Waals surface area contributed by atoms with E-state index in [1.165, 1.54) is 0 Å². The lowest BCUT2D eigenvalue weighted by Crippen LogP contribution is -2.55. The monoisotopic (exact) mass is 320 g/mol. The van der Waals surface area contributed by atoms with Crippen molar-refractivity contribution < 1.29 is 18.7 Å². The molecule has 3 heterocycles. The highest BCUT2D eigenvalue weighted by Crippen LogP contribution is 2.26. The number of hydrogen-bond donors (Lipinski definition) is 0. The van der Waals surface area contributed by atoms with Crippen LogP contribution in [0.1, 0.15) is 33.0 Å². The molecule has 2 amide bonds. The van der Waals surface area contributed by atoms with Gasteiger partial charge in [0.1, 0.15) is 5.76 Å². The number of carbonyl (C=O) groups is 2. The first-order valence-electron chi connectivity index (χ1n) is 8.11. The number of rotatable bonds is 3. The molecule has 0 radical (unpaired) electrons. The summed E-state index contributed by atoms with van der Waals surface area (Å²) in [6.45, 7) is 8.01. The minimum Gasteiger partial charge on any atom is -0.467 e. The maximum absolute atomic E-state index is 12.8. The molecule has 6 nitrogen and oxygen atoms in total. The van der Waals surface area contributed by atoms with Gasteiger partial charge in [-0.15, -0.1) is 0 Å². The molecule has 0 N–H and O–H groups in total. The van der Waals surface area contributed by atoms with Gasteiger partial charge >= 0.3 is 0 Å². The zero-order chi connectivity index (χ0) is 16.6. The van der Waals surface area contributed by atoms with Gasteiger partial charge in [-0.2, -0.15) is 0 Å². The number of likely N-dealkylation sites (tertiary alicyclic amines) is 1. The molecule has 2 aliphatic heterocycles. The number of ether oxygens (including phenoxy) is 1. The highest BCUT2D eigenvalue weighted by atomic mass is 16.5. The third-order valence-electron chi connectivity index (χ3n) is 4.37. The number of amides is 2. The number of nitrogens with zero attached hydrogens (tertiary/aromatic N) is 2. The second-order valence-corrected chi connectivity index (χ2v) is 7.16. The number of carbonyl (C=O) groups excluding carboxylic acids is 2. The van der Waals surface area contributed by atoms with Gasteiger partial charge in [0.25, 0.3) is 0 Å². The highest BCUT2D eigenvalue weighted by Gasteiger charge is 2.40. The molecule has 2 unspecified atom stereocenters. The van der Waals surface area contributed by atoms with Crippen LogP contribution in [0.25, 0.3) is 0 Å². The Morgan fingerprint density at radius 2 is 2.17 bits per heavy atom. The average Bonchev–Trinajstić information content (AvgIpc) is 3.07. The van der Waals surface area contributed by atoms with Crippen molar-refractivity contribution in [2.45, 2.75) is 45.4 Å². The smallest absolute Gasteiger partial charge is 0.228 e. The zero-order valence-corrected chi connectivity index (χ0v) is 13.9. The first kappa shape index (κ1) is 16.1. The fourth-order valence-corrected chi connectivity index (χ4v) is 3.56. The Morgan fingerprint density at radius 3 is 2.83 bits per heavy atom. The number of hydrogen-bond acceptors (Lipinski definition) is 4. The minimum absolute atomic E-state index is 0.0130. The standard InChI is InChI=1S/C17H24N2O4/c1-12-8-19(11-17(2,3)23-12)16(21)13-7-15(20)18(9-13)10-14-5-4-6-22-14/h4-6,12-13H,7-11H2,1-3H3. The minimum atomic E-state index is -0.343. The molecule has 0 aliphatic carbocycles.